The number of halogens is 3. The van der Waals surface area contributed by atoms with Crippen molar-refractivity contribution in [1.82, 2.24) is 0 Å². The van der Waals surface area contributed by atoms with Crippen LogP contribution in [0.5, 0.6) is 0 Å². The molecule has 0 N–H and O–H groups in total. The van der Waals surface area contributed by atoms with E-state index in [0.29, 0.717) is 0 Å². The lowest BCUT2D eigenvalue weighted by molar-refractivity contribution is 0.0679. The van der Waals surface area contributed by atoms with Crippen molar-refractivity contribution in [2.75, 3.05) is 0 Å². The monoisotopic (exact) mass is 246 g/mol. The number of carbonyl (C=O) groups excluding carboxylic acids is 1. The summed E-state index contributed by atoms with van der Waals surface area (Å²) in [5.74, 6) is -1.23. The highest BCUT2D eigenvalue weighted by Crippen LogP contribution is 2.28. The SMILES string of the molecule is CC(C)(C)c1ccc(C(=O)C(F)F)c(Cl)c1. The van der Waals surface area contributed by atoms with E-state index in [-0.39, 0.29) is 16.0 Å². The van der Waals surface area contributed by atoms with E-state index in [4.69, 9.17) is 11.6 Å². The van der Waals surface area contributed by atoms with E-state index in [1.807, 2.05) is 20.8 Å². The van der Waals surface area contributed by atoms with Crippen LogP contribution < -0.4 is 0 Å². The van der Waals surface area contributed by atoms with E-state index in [0.717, 1.165) is 5.56 Å². The maximum absolute atomic E-state index is 12.2. The lowest BCUT2D eigenvalue weighted by atomic mass is 9.86. The molecule has 0 unspecified atom stereocenters. The summed E-state index contributed by atoms with van der Waals surface area (Å²) in [4.78, 5) is 11.1. The third-order valence-corrected chi connectivity index (χ3v) is 2.61. The van der Waals surface area contributed by atoms with E-state index >= 15 is 0 Å². The first-order valence-corrected chi connectivity index (χ1v) is 5.23. The summed E-state index contributed by atoms with van der Waals surface area (Å²) in [6, 6.07) is 4.58. The van der Waals surface area contributed by atoms with Gasteiger partial charge in [-0.1, -0.05) is 38.4 Å². The predicted octanol–water partition coefficient (Wildman–Crippen LogP) is 4.09. The van der Waals surface area contributed by atoms with Crippen molar-refractivity contribution in [1.29, 1.82) is 0 Å². The molecule has 1 aromatic carbocycles. The molecule has 0 aliphatic carbocycles. The van der Waals surface area contributed by atoms with Crippen LogP contribution in [0.3, 0.4) is 0 Å². The van der Waals surface area contributed by atoms with E-state index in [1.165, 1.54) is 6.07 Å². The molecular weight excluding hydrogens is 234 g/mol. The number of hydrogen-bond donors (Lipinski definition) is 0. The molecule has 16 heavy (non-hydrogen) atoms. The molecule has 0 saturated carbocycles. The Kier molecular flexibility index (Phi) is 3.68. The number of hydrogen-bond acceptors (Lipinski definition) is 1. The van der Waals surface area contributed by atoms with Crippen LogP contribution in [-0.2, 0) is 5.41 Å². The normalized spacial score (nSPS) is 11.9. The minimum Gasteiger partial charge on any atom is -0.288 e. The fourth-order valence-electron chi connectivity index (χ4n) is 1.30. The highest BCUT2D eigenvalue weighted by atomic mass is 35.5. The summed E-state index contributed by atoms with van der Waals surface area (Å²) in [5.41, 5.74) is 0.656. The number of carbonyl (C=O) groups is 1. The zero-order valence-corrected chi connectivity index (χ0v) is 10.1. The molecule has 1 rings (SSSR count). The fourth-order valence-corrected chi connectivity index (χ4v) is 1.57. The Hall–Kier alpha value is -0.960. The average Bonchev–Trinajstić information content (AvgIpc) is 2.15. The van der Waals surface area contributed by atoms with Gasteiger partial charge in [-0.3, -0.25) is 4.79 Å². The second kappa shape index (κ2) is 4.50. The lowest BCUT2D eigenvalue weighted by Crippen LogP contribution is -2.14. The Balaban J connectivity index is 3.15. The zero-order chi connectivity index (χ0) is 12.5. The molecule has 4 heteroatoms. The van der Waals surface area contributed by atoms with Crippen LogP contribution in [0.15, 0.2) is 18.2 Å². The summed E-state index contributed by atoms with van der Waals surface area (Å²) in [7, 11) is 0. The van der Waals surface area contributed by atoms with Crippen molar-refractivity contribution in [2.24, 2.45) is 0 Å². The lowest BCUT2D eigenvalue weighted by Gasteiger charge is -2.19. The van der Waals surface area contributed by atoms with Crippen LogP contribution in [0.2, 0.25) is 5.02 Å². The molecule has 0 bridgehead atoms. The van der Waals surface area contributed by atoms with E-state index in [1.54, 1.807) is 12.1 Å². The van der Waals surface area contributed by atoms with Gasteiger partial charge in [0.2, 0.25) is 5.78 Å². The van der Waals surface area contributed by atoms with Gasteiger partial charge in [-0.15, -0.1) is 0 Å². The van der Waals surface area contributed by atoms with Crippen molar-refractivity contribution in [3.63, 3.8) is 0 Å². The van der Waals surface area contributed by atoms with Crippen molar-refractivity contribution in [2.45, 2.75) is 32.6 Å². The summed E-state index contributed by atoms with van der Waals surface area (Å²) < 4.78 is 24.4. The summed E-state index contributed by atoms with van der Waals surface area (Å²) in [6.07, 6.45) is -3.02. The molecule has 0 aromatic heterocycles. The first-order chi connectivity index (χ1) is 7.23. The number of alkyl halides is 2. The quantitative estimate of drug-likeness (QED) is 0.719. The van der Waals surface area contributed by atoms with Crippen LogP contribution in [0.25, 0.3) is 0 Å². The number of rotatable bonds is 2. The highest BCUT2D eigenvalue weighted by Gasteiger charge is 2.22. The molecule has 0 amide bonds. The molecule has 1 nitrogen and oxygen atoms in total. The Morgan fingerprint density at radius 2 is 1.88 bits per heavy atom. The smallest absolute Gasteiger partial charge is 0.288 e. The third-order valence-electron chi connectivity index (χ3n) is 2.30. The van der Waals surface area contributed by atoms with E-state index in [2.05, 4.69) is 0 Å². The minimum atomic E-state index is -3.02. The maximum atomic E-state index is 12.2. The van der Waals surface area contributed by atoms with Crippen LogP contribution in [0.1, 0.15) is 36.7 Å². The van der Waals surface area contributed by atoms with Gasteiger partial charge in [0, 0.05) is 5.56 Å². The predicted molar refractivity (Wildman–Crippen MR) is 60.5 cm³/mol. The van der Waals surface area contributed by atoms with Gasteiger partial charge in [-0.25, -0.2) is 8.78 Å². The summed E-state index contributed by atoms with van der Waals surface area (Å²) in [6.45, 7) is 5.94. The van der Waals surface area contributed by atoms with Gasteiger partial charge in [-0.2, -0.15) is 0 Å². The molecule has 1 aromatic rings. The molecule has 0 spiro atoms. The molecular formula is C12H13ClF2O. The molecule has 0 aliphatic rings. The molecule has 0 aliphatic heterocycles. The van der Waals surface area contributed by atoms with Gasteiger partial charge < -0.3 is 0 Å². The van der Waals surface area contributed by atoms with Crippen molar-refractivity contribution in [3.8, 4) is 0 Å². The van der Waals surface area contributed by atoms with Crippen LogP contribution >= 0.6 is 11.6 Å². The average molecular weight is 247 g/mol. The first-order valence-electron chi connectivity index (χ1n) is 4.86. The Bertz CT molecular complexity index is 408. The van der Waals surface area contributed by atoms with Crippen LogP contribution in [-0.4, -0.2) is 12.2 Å². The Morgan fingerprint density at radius 1 is 1.31 bits per heavy atom. The van der Waals surface area contributed by atoms with Gasteiger partial charge in [-0.05, 0) is 23.1 Å². The number of benzene rings is 1. The van der Waals surface area contributed by atoms with E-state index < -0.39 is 12.2 Å². The third kappa shape index (κ3) is 2.79. The van der Waals surface area contributed by atoms with Gasteiger partial charge in [0.25, 0.3) is 0 Å². The van der Waals surface area contributed by atoms with Crippen LogP contribution in [0, 0.1) is 0 Å². The number of ketones is 1. The Labute approximate surface area is 98.4 Å². The maximum Gasteiger partial charge on any atom is 0.300 e. The molecule has 0 fully saturated rings. The highest BCUT2D eigenvalue weighted by molar-refractivity contribution is 6.34. The van der Waals surface area contributed by atoms with Gasteiger partial charge in [0.15, 0.2) is 0 Å². The summed E-state index contributed by atoms with van der Waals surface area (Å²) in [5, 5.41) is 0.0812. The molecule has 88 valence electrons. The second-order valence-electron chi connectivity index (χ2n) is 4.61. The van der Waals surface area contributed by atoms with Crippen molar-refractivity contribution >= 4 is 17.4 Å². The molecule has 0 atom stereocenters. The fraction of sp³-hybridized carbons (Fsp3) is 0.417. The first kappa shape index (κ1) is 13.1. The van der Waals surface area contributed by atoms with Crippen molar-refractivity contribution < 1.29 is 13.6 Å². The van der Waals surface area contributed by atoms with Gasteiger partial charge in [0.1, 0.15) is 0 Å². The van der Waals surface area contributed by atoms with Gasteiger partial charge >= 0.3 is 6.43 Å². The molecule has 0 radical (unpaired) electrons. The van der Waals surface area contributed by atoms with Crippen molar-refractivity contribution in [3.05, 3.63) is 34.3 Å². The second-order valence-corrected chi connectivity index (χ2v) is 5.02. The van der Waals surface area contributed by atoms with E-state index in [9.17, 15) is 13.6 Å². The molecule has 0 heterocycles. The molecule has 0 saturated heterocycles. The number of Topliss-reactive ketones (excluding diaryl/α,β-unsaturated/α-hetero) is 1. The van der Waals surface area contributed by atoms with Gasteiger partial charge in [0.05, 0.1) is 5.02 Å². The topological polar surface area (TPSA) is 17.1 Å². The summed E-state index contributed by atoms with van der Waals surface area (Å²) >= 11 is 5.82. The Morgan fingerprint density at radius 3 is 2.25 bits per heavy atom. The standard InChI is InChI=1S/C12H13ClF2O/c1-12(2,3)7-4-5-8(9(13)6-7)10(16)11(14)15/h4-6,11H,1-3H3. The van der Waals surface area contributed by atoms with Crippen LogP contribution in [0.4, 0.5) is 8.78 Å². The minimum absolute atomic E-state index is 0.0812. The largest absolute Gasteiger partial charge is 0.300 e. The zero-order valence-electron chi connectivity index (χ0n) is 9.35.